The highest BCUT2D eigenvalue weighted by molar-refractivity contribution is 5.49. The summed E-state index contributed by atoms with van der Waals surface area (Å²) in [6, 6.07) is 4.24. The summed E-state index contributed by atoms with van der Waals surface area (Å²) in [6.07, 6.45) is 4.46. The Bertz CT molecular complexity index is 497. The molecule has 1 unspecified atom stereocenters. The number of aromatic nitrogens is 3. The van der Waals surface area contributed by atoms with Crippen LogP contribution < -0.4 is 5.32 Å². The van der Waals surface area contributed by atoms with E-state index >= 15 is 0 Å². The zero-order chi connectivity index (χ0) is 11.0. The number of rotatable bonds is 1. The molecule has 1 fully saturated rings. The van der Waals surface area contributed by atoms with Gasteiger partial charge >= 0.3 is 0 Å². The van der Waals surface area contributed by atoms with E-state index in [4.69, 9.17) is 0 Å². The summed E-state index contributed by atoms with van der Waals surface area (Å²) in [6.45, 7) is 4.15. The maximum absolute atomic E-state index is 4.51. The summed E-state index contributed by atoms with van der Waals surface area (Å²) in [5.74, 6) is 1.43. The van der Waals surface area contributed by atoms with Gasteiger partial charge in [-0.3, -0.25) is 0 Å². The van der Waals surface area contributed by atoms with Gasteiger partial charge in [-0.15, -0.1) is 0 Å². The van der Waals surface area contributed by atoms with Gasteiger partial charge in [-0.2, -0.15) is 5.10 Å². The molecule has 4 nitrogen and oxygen atoms in total. The summed E-state index contributed by atoms with van der Waals surface area (Å²) >= 11 is 0. The summed E-state index contributed by atoms with van der Waals surface area (Å²) in [4.78, 5) is 4.51. The number of fused-ring (bicyclic) bond motifs is 1. The summed E-state index contributed by atoms with van der Waals surface area (Å²) in [5, 5.41) is 7.80. The number of hydrogen-bond donors (Lipinski definition) is 1. The normalized spacial score (nSPS) is 21.4. The van der Waals surface area contributed by atoms with Crippen molar-refractivity contribution in [3.8, 4) is 0 Å². The molecule has 16 heavy (non-hydrogen) atoms. The first-order valence-corrected chi connectivity index (χ1v) is 5.87. The van der Waals surface area contributed by atoms with Gasteiger partial charge in [0.2, 0.25) is 0 Å². The summed E-state index contributed by atoms with van der Waals surface area (Å²) < 4.78 is 1.89. The lowest BCUT2D eigenvalue weighted by Gasteiger charge is -2.23. The Morgan fingerprint density at radius 3 is 3.25 bits per heavy atom. The molecule has 1 aliphatic heterocycles. The molecule has 2 aromatic heterocycles. The van der Waals surface area contributed by atoms with Gasteiger partial charge < -0.3 is 5.32 Å². The molecular formula is C12H16N4. The van der Waals surface area contributed by atoms with Crippen molar-refractivity contribution in [3.63, 3.8) is 0 Å². The van der Waals surface area contributed by atoms with Crippen molar-refractivity contribution in [2.45, 2.75) is 25.7 Å². The molecule has 3 heterocycles. The van der Waals surface area contributed by atoms with Gasteiger partial charge in [-0.25, -0.2) is 9.50 Å². The third-order valence-electron chi connectivity index (χ3n) is 3.24. The molecule has 1 atom stereocenters. The molecule has 0 saturated carbocycles. The second-order valence-corrected chi connectivity index (χ2v) is 4.43. The van der Waals surface area contributed by atoms with Crippen LogP contribution >= 0.6 is 0 Å². The highest BCUT2D eigenvalue weighted by atomic mass is 15.3. The molecule has 1 saturated heterocycles. The number of nitrogens with one attached hydrogen (secondary N) is 1. The Morgan fingerprint density at radius 2 is 2.44 bits per heavy atom. The molecule has 0 spiro atoms. The Labute approximate surface area is 94.7 Å². The summed E-state index contributed by atoms with van der Waals surface area (Å²) in [5.41, 5.74) is 2.35. The van der Waals surface area contributed by atoms with Crippen LogP contribution in [0.5, 0.6) is 0 Å². The minimum atomic E-state index is 0.584. The third kappa shape index (κ3) is 1.59. The van der Waals surface area contributed by atoms with Gasteiger partial charge in [0, 0.05) is 24.2 Å². The predicted octanol–water partition coefficient (Wildman–Crippen LogP) is 1.50. The van der Waals surface area contributed by atoms with E-state index in [1.54, 1.807) is 0 Å². The third-order valence-corrected chi connectivity index (χ3v) is 3.24. The second-order valence-electron chi connectivity index (χ2n) is 4.43. The van der Waals surface area contributed by atoms with Crippen molar-refractivity contribution in [2.24, 2.45) is 0 Å². The van der Waals surface area contributed by atoms with Crippen LogP contribution in [-0.4, -0.2) is 27.7 Å². The second kappa shape index (κ2) is 3.87. The first kappa shape index (κ1) is 9.78. The molecular weight excluding hydrogens is 200 g/mol. The predicted molar refractivity (Wildman–Crippen MR) is 62.6 cm³/mol. The monoisotopic (exact) mass is 216 g/mol. The van der Waals surface area contributed by atoms with E-state index in [2.05, 4.69) is 27.5 Å². The van der Waals surface area contributed by atoms with Crippen LogP contribution in [0.3, 0.4) is 0 Å². The Morgan fingerprint density at radius 1 is 1.50 bits per heavy atom. The standard InChI is InChI=1S/C12H16N4/c1-9-14-12-11(5-3-7-16(12)15-9)10-4-2-6-13-8-10/h3,5,7,10,13H,2,4,6,8H2,1H3. The van der Waals surface area contributed by atoms with E-state index in [-0.39, 0.29) is 0 Å². The van der Waals surface area contributed by atoms with Gasteiger partial charge in [-0.05, 0) is 32.4 Å². The lowest BCUT2D eigenvalue weighted by Crippen LogP contribution is -2.28. The Balaban J connectivity index is 2.07. The van der Waals surface area contributed by atoms with E-state index < -0.39 is 0 Å². The highest BCUT2D eigenvalue weighted by Crippen LogP contribution is 2.25. The van der Waals surface area contributed by atoms with Crippen LogP contribution in [0, 0.1) is 6.92 Å². The van der Waals surface area contributed by atoms with Crippen molar-refractivity contribution in [2.75, 3.05) is 13.1 Å². The smallest absolute Gasteiger partial charge is 0.159 e. The van der Waals surface area contributed by atoms with Crippen LogP contribution in [0.15, 0.2) is 18.3 Å². The van der Waals surface area contributed by atoms with E-state index in [0.29, 0.717) is 5.92 Å². The first-order chi connectivity index (χ1) is 7.84. The van der Waals surface area contributed by atoms with Crippen molar-refractivity contribution in [1.29, 1.82) is 0 Å². The molecule has 1 aliphatic rings. The number of pyridine rings is 1. The Hall–Kier alpha value is -1.42. The number of nitrogens with zero attached hydrogens (tertiary/aromatic N) is 3. The molecule has 0 radical (unpaired) electrons. The van der Waals surface area contributed by atoms with Gasteiger partial charge in [0.25, 0.3) is 0 Å². The number of aryl methyl sites for hydroxylation is 1. The topological polar surface area (TPSA) is 42.2 Å². The van der Waals surface area contributed by atoms with Gasteiger partial charge in [0.1, 0.15) is 5.82 Å². The van der Waals surface area contributed by atoms with E-state index in [9.17, 15) is 0 Å². The minimum absolute atomic E-state index is 0.584. The maximum Gasteiger partial charge on any atom is 0.159 e. The fraction of sp³-hybridized carbons (Fsp3) is 0.500. The lowest BCUT2D eigenvalue weighted by molar-refractivity contribution is 0.462. The van der Waals surface area contributed by atoms with E-state index in [1.807, 2.05) is 17.6 Å². The van der Waals surface area contributed by atoms with Crippen molar-refractivity contribution in [1.82, 2.24) is 19.9 Å². The number of hydrogen-bond acceptors (Lipinski definition) is 3. The van der Waals surface area contributed by atoms with Gasteiger partial charge in [0.15, 0.2) is 5.65 Å². The van der Waals surface area contributed by atoms with Crippen LogP contribution in [0.4, 0.5) is 0 Å². The van der Waals surface area contributed by atoms with Crippen molar-refractivity contribution >= 4 is 5.65 Å². The van der Waals surface area contributed by atoms with Crippen LogP contribution in [0.2, 0.25) is 0 Å². The molecule has 3 rings (SSSR count). The minimum Gasteiger partial charge on any atom is -0.316 e. The average molecular weight is 216 g/mol. The first-order valence-electron chi connectivity index (χ1n) is 5.87. The molecule has 0 amide bonds. The lowest BCUT2D eigenvalue weighted by atomic mass is 9.92. The Kier molecular flexibility index (Phi) is 2.36. The van der Waals surface area contributed by atoms with Gasteiger partial charge in [-0.1, -0.05) is 6.07 Å². The average Bonchev–Trinajstić information content (AvgIpc) is 2.70. The summed E-state index contributed by atoms with van der Waals surface area (Å²) in [7, 11) is 0. The fourth-order valence-electron chi connectivity index (χ4n) is 2.47. The van der Waals surface area contributed by atoms with Crippen LogP contribution in [0.1, 0.15) is 30.1 Å². The molecule has 2 aromatic rings. The van der Waals surface area contributed by atoms with E-state index in [1.165, 1.54) is 18.4 Å². The highest BCUT2D eigenvalue weighted by Gasteiger charge is 2.18. The zero-order valence-corrected chi connectivity index (χ0v) is 9.48. The molecule has 0 aliphatic carbocycles. The molecule has 0 bridgehead atoms. The van der Waals surface area contributed by atoms with Crippen LogP contribution in [0.25, 0.3) is 5.65 Å². The molecule has 4 heteroatoms. The maximum atomic E-state index is 4.51. The molecule has 1 N–H and O–H groups in total. The van der Waals surface area contributed by atoms with E-state index in [0.717, 1.165) is 24.6 Å². The van der Waals surface area contributed by atoms with Crippen molar-refractivity contribution in [3.05, 3.63) is 29.7 Å². The quantitative estimate of drug-likeness (QED) is 0.785. The fourth-order valence-corrected chi connectivity index (χ4v) is 2.47. The number of piperidine rings is 1. The van der Waals surface area contributed by atoms with Gasteiger partial charge in [0.05, 0.1) is 0 Å². The molecule has 84 valence electrons. The largest absolute Gasteiger partial charge is 0.316 e. The van der Waals surface area contributed by atoms with Crippen LogP contribution in [-0.2, 0) is 0 Å². The zero-order valence-electron chi connectivity index (χ0n) is 9.48. The SMILES string of the molecule is Cc1nc2c(C3CCCNC3)cccn2n1. The van der Waals surface area contributed by atoms with Crippen molar-refractivity contribution < 1.29 is 0 Å². The molecule has 0 aromatic carbocycles.